The molecule has 0 unspecified atom stereocenters. The molecule has 0 aliphatic rings. The molecule has 0 spiro atoms. The van der Waals surface area contributed by atoms with Crippen molar-refractivity contribution in [1.82, 2.24) is 4.98 Å². The van der Waals surface area contributed by atoms with Crippen LogP contribution in [0.2, 0.25) is 0 Å². The van der Waals surface area contributed by atoms with Crippen LogP contribution in [-0.4, -0.2) is 31.1 Å². The lowest BCUT2D eigenvalue weighted by Gasteiger charge is -2.06. The number of carbonyl (C=O) groups is 2. The number of nitrogens with one attached hydrogen (secondary N) is 1. The van der Waals surface area contributed by atoms with E-state index in [1.165, 1.54) is 25.6 Å². The number of methoxy groups -OCH3 is 2. The van der Waals surface area contributed by atoms with Crippen LogP contribution in [0.25, 0.3) is 10.2 Å². The van der Waals surface area contributed by atoms with E-state index in [4.69, 9.17) is 9.47 Å². The molecule has 0 aliphatic heterocycles. The van der Waals surface area contributed by atoms with Gasteiger partial charge in [-0.2, -0.15) is 0 Å². The zero-order chi connectivity index (χ0) is 17.1. The van der Waals surface area contributed by atoms with E-state index in [0.717, 1.165) is 4.70 Å². The number of carbonyl (C=O) groups excluding carboxylic acids is 2. The monoisotopic (exact) mass is 342 g/mol. The molecule has 0 saturated carbocycles. The van der Waals surface area contributed by atoms with Crippen LogP contribution in [0.5, 0.6) is 5.75 Å². The number of amides is 1. The van der Waals surface area contributed by atoms with Gasteiger partial charge in [-0.1, -0.05) is 23.5 Å². The summed E-state index contributed by atoms with van der Waals surface area (Å²) < 4.78 is 10.7. The average molecular weight is 342 g/mol. The second-order valence-corrected chi connectivity index (χ2v) is 5.88. The van der Waals surface area contributed by atoms with Crippen LogP contribution >= 0.6 is 11.3 Å². The average Bonchev–Trinajstić information content (AvgIpc) is 3.02. The van der Waals surface area contributed by atoms with Crippen LogP contribution in [0.15, 0.2) is 42.5 Å². The fourth-order valence-electron chi connectivity index (χ4n) is 2.22. The van der Waals surface area contributed by atoms with Gasteiger partial charge in [-0.25, -0.2) is 9.78 Å². The third-order valence-electron chi connectivity index (χ3n) is 3.38. The number of esters is 1. The molecule has 2 aromatic carbocycles. The Morgan fingerprint density at radius 3 is 2.67 bits per heavy atom. The molecule has 1 N–H and O–H groups in total. The molecule has 0 saturated heterocycles. The SMILES string of the molecule is COC(=O)c1ccc2nc(NC(=O)c3ccccc3OC)sc2c1. The molecule has 122 valence electrons. The summed E-state index contributed by atoms with van der Waals surface area (Å²) in [7, 11) is 2.84. The van der Waals surface area contributed by atoms with Crippen molar-refractivity contribution in [2.75, 3.05) is 19.5 Å². The van der Waals surface area contributed by atoms with E-state index in [2.05, 4.69) is 10.3 Å². The second kappa shape index (κ2) is 6.67. The Bertz CT molecular complexity index is 920. The third kappa shape index (κ3) is 3.07. The molecular formula is C17H14N2O4S. The van der Waals surface area contributed by atoms with Crippen molar-refractivity contribution in [2.45, 2.75) is 0 Å². The summed E-state index contributed by atoms with van der Waals surface area (Å²) in [4.78, 5) is 28.3. The Kier molecular flexibility index (Phi) is 4.43. The Balaban J connectivity index is 1.87. The maximum Gasteiger partial charge on any atom is 0.337 e. The normalized spacial score (nSPS) is 10.4. The molecule has 3 aromatic rings. The molecule has 0 aliphatic carbocycles. The maximum absolute atomic E-state index is 12.4. The minimum absolute atomic E-state index is 0.306. The summed E-state index contributed by atoms with van der Waals surface area (Å²) in [5.74, 6) is -0.228. The summed E-state index contributed by atoms with van der Waals surface area (Å²) in [6, 6.07) is 12.0. The highest BCUT2D eigenvalue weighted by molar-refractivity contribution is 7.22. The van der Waals surface area contributed by atoms with Gasteiger partial charge in [-0.3, -0.25) is 10.1 Å². The van der Waals surface area contributed by atoms with E-state index in [-0.39, 0.29) is 5.91 Å². The highest BCUT2D eigenvalue weighted by Crippen LogP contribution is 2.28. The second-order valence-electron chi connectivity index (χ2n) is 4.85. The van der Waals surface area contributed by atoms with Crippen molar-refractivity contribution in [3.05, 3.63) is 53.6 Å². The number of hydrogen-bond donors (Lipinski definition) is 1. The first-order chi connectivity index (χ1) is 11.6. The lowest BCUT2D eigenvalue weighted by molar-refractivity contribution is 0.0601. The lowest BCUT2D eigenvalue weighted by Crippen LogP contribution is -2.12. The Morgan fingerprint density at radius 2 is 1.92 bits per heavy atom. The van der Waals surface area contributed by atoms with Crippen molar-refractivity contribution >= 4 is 38.6 Å². The molecule has 3 rings (SSSR count). The molecule has 0 atom stereocenters. The molecule has 0 bridgehead atoms. The van der Waals surface area contributed by atoms with Crippen molar-refractivity contribution in [3.8, 4) is 5.75 Å². The van der Waals surface area contributed by atoms with E-state index in [1.807, 2.05) is 0 Å². The number of benzene rings is 2. The summed E-state index contributed by atoms with van der Waals surface area (Å²) in [5, 5.41) is 3.20. The zero-order valence-electron chi connectivity index (χ0n) is 13.0. The predicted octanol–water partition coefficient (Wildman–Crippen LogP) is 3.34. The van der Waals surface area contributed by atoms with Crippen LogP contribution in [0.4, 0.5) is 5.13 Å². The lowest BCUT2D eigenvalue weighted by atomic mass is 10.2. The fourth-order valence-corrected chi connectivity index (χ4v) is 3.12. The minimum atomic E-state index is -0.412. The molecule has 0 fully saturated rings. The van der Waals surface area contributed by atoms with Gasteiger partial charge in [0.05, 0.1) is 35.6 Å². The van der Waals surface area contributed by atoms with E-state index in [1.54, 1.807) is 42.5 Å². The minimum Gasteiger partial charge on any atom is -0.496 e. The van der Waals surface area contributed by atoms with Gasteiger partial charge in [0.25, 0.3) is 5.91 Å². The number of rotatable bonds is 4. The molecule has 1 heterocycles. The molecule has 24 heavy (non-hydrogen) atoms. The van der Waals surface area contributed by atoms with Gasteiger partial charge in [0.15, 0.2) is 5.13 Å². The number of fused-ring (bicyclic) bond motifs is 1. The molecule has 1 amide bonds. The highest BCUT2D eigenvalue weighted by atomic mass is 32.1. The number of thiazole rings is 1. The van der Waals surface area contributed by atoms with Gasteiger partial charge in [0.2, 0.25) is 0 Å². The Hall–Kier alpha value is -2.93. The molecule has 0 radical (unpaired) electrons. The summed E-state index contributed by atoms with van der Waals surface area (Å²) in [5.41, 5.74) is 1.56. The predicted molar refractivity (Wildman–Crippen MR) is 91.9 cm³/mol. The van der Waals surface area contributed by atoms with Crippen LogP contribution in [0, 0.1) is 0 Å². The third-order valence-corrected chi connectivity index (χ3v) is 4.32. The molecule has 7 heteroatoms. The first-order valence-electron chi connectivity index (χ1n) is 7.05. The van der Waals surface area contributed by atoms with E-state index in [9.17, 15) is 9.59 Å². The zero-order valence-corrected chi connectivity index (χ0v) is 13.8. The highest BCUT2D eigenvalue weighted by Gasteiger charge is 2.15. The molecule has 6 nitrogen and oxygen atoms in total. The van der Waals surface area contributed by atoms with Crippen molar-refractivity contribution in [2.24, 2.45) is 0 Å². The van der Waals surface area contributed by atoms with Gasteiger partial charge in [-0.05, 0) is 30.3 Å². The number of hydrogen-bond acceptors (Lipinski definition) is 6. The van der Waals surface area contributed by atoms with Gasteiger partial charge >= 0.3 is 5.97 Å². The Morgan fingerprint density at radius 1 is 1.12 bits per heavy atom. The standard InChI is InChI=1S/C17H14N2O4S/c1-22-13-6-4-3-5-11(13)15(20)19-17-18-12-8-7-10(16(21)23-2)9-14(12)24-17/h3-9H,1-2H3,(H,18,19,20). The largest absolute Gasteiger partial charge is 0.496 e. The first-order valence-corrected chi connectivity index (χ1v) is 7.87. The topological polar surface area (TPSA) is 77.5 Å². The number of anilines is 1. The van der Waals surface area contributed by atoms with Crippen molar-refractivity contribution in [3.63, 3.8) is 0 Å². The Labute approximate surface area is 142 Å². The molecular weight excluding hydrogens is 328 g/mol. The van der Waals surface area contributed by atoms with Crippen molar-refractivity contribution in [1.29, 1.82) is 0 Å². The van der Waals surface area contributed by atoms with E-state index < -0.39 is 5.97 Å². The first kappa shape index (κ1) is 15.9. The maximum atomic E-state index is 12.4. The number of nitrogens with zero attached hydrogens (tertiary/aromatic N) is 1. The van der Waals surface area contributed by atoms with Crippen LogP contribution in [-0.2, 0) is 4.74 Å². The van der Waals surface area contributed by atoms with Gasteiger partial charge in [0.1, 0.15) is 5.75 Å². The van der Waals surface area contributed by atoms with Crippen LogP contribution < -0.4 is 10.1 Å². The van der Waals surface area contributed by atoms with Crippen LogP contribution in [0.3, 0.4) is 0 Å². The number of para-hydroxylation sites is 1. The van der Waals surface area contributed by atoms with E-state index >= 15 is 0 Å². The summed E-state index contributed by atoms with van der Waals surface area (Å²) in [6.07, 6.45) is 0. The quantitative estimate of drug-likeness (QED) is 0.736. The number of ether oxygens (including phenoxy) is 2. The van der Waals surface area contributed by atoms with Gasteiger partial charge < -0.3 is 9.47 Å². The van der Waals surface area contributed by atoms with Crippen LogP contribution in [0.1, 0.15) is 20.7 Å². The fraction of sp³-hybridized carbons (Fsp3) is 0.118. The smallest absolute Gasteiger partial charge is 0.337 e. The number of aromatic nitrogens is 1. The van der Waals surface area contributed by atoms with Crippen molar-refractivity contribution < 1.29 is 19.1 Å². The summed E-state index contributed by atoms with van der Waals surface area (Å²) in [6.45, 7) is 0. The van der Waals surface area contributed by atoms with E-state index in [0.29, 0.717) is 27.5 Å². The summed E-state index contributed by atoms with van der Waals surface area (Å²) >= 11 is 1.28. The molecule has 1 aromatic heterocycles. The van der Waals surface area contributed by atoms with Gasteiger partial charge in [-0.15, -0.1) is 0 Å². The van der Waals surface area contributed by atoms with Gasteiger partial charge in [0, 0.05) is 0 Å².